The SMILES string of the molecule is O=C(NCCN1CCOCC1)c1nnc(C(=O)Nc2cccc(Cl)c2)s1. The number of hydrogen-bond acceptors (Lipinski definition) is 7. The Morgan fingerprint density at radius 2 is 1.92 bits per heavy atom. The Balaban J connectivity index is 1.49. The minimum Gasteiger partial charge on any atom is -0.379 e. The van der Waals surface area contributed by atoms with Gasteiger partial charge < -0.3 is 15.4 Å². The van der Waals surface area contributed by atoms with E-state index in [1.54, 1.807) is 24.3 Å². The van der Waals surface area contributed by atoms with E-state index in [-0.39, 0.29) is 15.9 Å². The summed E-state index contributed by atoms with van der Waals surface area (Å²) in [6.07, 6.45) is 0. The van der Waals surface area contributed by atoms with Crippen LogP contribution in [0.5, 0.6) is 0 Å². The smallest absolute Gasteiger partial charge is 0.286 e. The van der Waals surface area contributed by atoms with E-state index >= 15 is 0 Å². The van der Waals surface area contributed by atoms with Crippen molar-refractivity contribution in [1.29, 1.82) is 0 Å². The number of carbonyl (C=O) groups excluding carboxylic acids is 2. The fraction of sp³-hybridized carbons (Fsp3) is 0.375. The van der Waals surface area contributed by atoms with Gasteiger partial charge in [-0.1, -0.05) is 29.0 Å². The zero-order valence-electron chi connectivity index (χ0n) is 13.9. The number of nitrogens with zero attached hydrogens (tertiary/aromatic N) is 3. The molecule has 2 aromatic rings. The topological polar surface area (TPSA) is 96.5 Å². The van der Waals surface area contributed by atoms with Gasteiger partial charge in [-0.05, 0) is 18.2 Å². The van der Waals surface area contributed by atoms with Crippen molar-refractivity contribution in [3.05, 3.63) is 39.3 Å². The number of benzene rings is 1. The highest BCUT2D eigenvalue weighted by atomic mass is 35.5. The maximum absolute atomic E-state index is 12.2. The highest BCUT2D eigenvalue weighted by Crippen LogP contribution is 2.17. The Labute approximate surface area is 159 Å². The van der Waals surface area contributed by atoms with Crippen LogP contribution < -0.4 is 10.6 Å². The van der Waals surface area contributed by atoms with Gasteiger partial charge in [0.05, 0.1) is 13.2 Å². The predicted molar refractivity (Wildman–Crippen MR) is 98.9 cm³/mol. The van der Waals surface area contributed by atoms with Crippen LogP contribution >= 0.6 is 22.9 Å². The molecule has 0 atom stereocenters. The molecule has 1 aromatic carbocycles. The zero-order chi connectivity index (χ0) is 18.4. The van der Waals surface area contributed by atoms with Crippen molar-refractivity contribution in [2.45, 2.75) is 0 Å². The van der Waals surface area contributed by atoms with Crippen molar-refractivity contribution >= 4 is 40.4 Å². The first-order chi connectivity index (χ1) is 12.6. The van der Waals surface area contributed by atoms with Crippen LogP contribution in [0.4, 0.5) is 5.69 Å². The number of anilines is 1. The maximum atomic E-state index is 12.2. The van der Waals surface area contributed by atoms with E-state index in [9.17, 15) is 9.59 Å². The lowest BCUT2D eigenvalue weighted by Crippen LogP contribution is -2.41. The van der Waals surface area contributed by atoms with Gasteiger partial charge in [0.2, 0.25) is 10.0 Å². The molecule has 2 N–H and O–H groups in total. The Bertz CT molecular complexity index is 779. The zero-order valence-corrected chi connectivity index (χ0v) is 15.5. The molecule has 0 aliphatic carbocycles. The molecule has 138 valence electrons. The van der Waals surface area contributed by atoms with E-state index in [0.717, 1.165) is 44.2 Å². The molecule has 2 heterocycles. The van der Waals surface area contributed by atoms with Crippen LogP contribution in [0.15, 0.2) is 24.3 Å². The van der Waals surface area contributed by atoms with Gasteiger partial charge in [0, 0.05) is 36.9 Å². The number of nitrogens with one attached hydrogen (secondary N) is 2. The number of amides is 2. The van der Waals surface area contributed by atoms with Crippen LogP contribution in [0.2, 0.25) is 5.02 Å². The Morgan fingerprint density at radius 1 is 1.19 bits per heavy atom. The molecule has 1 saturated heterocycles. The van der Waals surface area contributed by atoms with Crippen LogP contribution in [0, 0.1) is 0 Å². The van der Waals surface area contributed by atoms with Crippen molar-refractivity contribution in [2.75, 3.05) is 44.7 Å². The van der Waals surface area contributed by atoms with E-state index in [1.165, 1.54) is 0 Å². The molecule has 1 aliphatic heterocycles. The number of aromatic nitrogens is 2. The normalized spacial score (nSPS) is 14.8. The molecule has 2 amide bonds. The molecule has 1 aromatic heterocycles. The first-order valence-electron chi connectivity index (χ1n) is 8.10. The van der Waals surface area contributed by atoms with Gasteiger partial charge in [0.15, 0.2) is 0 Å². The van der Waals surface area contributed by atoms with Gasteiger partial charge >= 0.3 is 0 Å². The molecule has 0 radical (unpaired) electrons. The Morgan fingerprint density at radius 3 is 2.65 bits per heavy atom. The van der Waals surface area contributed by atoms with Crippen LogP contribution in [-0.2, 0) is 4.74 Å². The van der Waals surface area contributed by atoms with Crippen molar-refractivity contribution in [3.63, 3.8) is 0 Å². The van der Waals surface area contributed by atoms with Gasteiger partial charge in [0.1, 0.15) is 0 Å². The average Bonchev–Trinajstić information content (AvgIpc) is 3.13. The Hall–Kier alpha value is -2.07. The summed E-state index contributed by atoms with van der Waals surface area (Å²) in [5.74, 6) is -0.769. The van der Waals surface area contributed by atoms with Gasteiger partial charge in [-0.25, -0.2) is 0 Å². The second-order valence-electron chi connectivity index (χ2n) is 5.59. The number of ether oxygens (including phenoxy) is 1. The van der Waals surface area contributed by atoms with Crippen molar-refractivity contribution in [2.24, 2.45) is 0 Å². The molecule has 8 nitrogen and oxygen atoms in total. The Kier molecular flexibility index (Phi) is 6.51. The standard InChI is InChI=1S/C16H18ClN5O3S/c17-11-2-1-3-12(10-11)19-14(24)16-21-20-15(26-16)13(23)18-4-5-22-6-8-25-9-7-22/h1-3,10H,4-9H2,(H,18,23)(H,19,24). The quantitative estimate of drug-likeness (QED) is 0.769. The molecule has 0 spiro atoms. The molecule has 0 unspecified atom stereocenters. The van der Waals surface area contributed by atoms with E-state index in [0.29, 0.717) is 17.3 Å². The van der Waals surface area contributed by atoms with Crippen molar-refractivity contribution in [3.8, 4) is 0 Å². The molecule has 10 heteroatoms. The number of hydrogen-bond donors (Lipinski definition) is 2. The molecular weight excluding hydrogens is 378 g/mol. The summed E-state index contributed by atoms with van der Waals surface area (Å²) < 4.78 is 5.28. The van der Waals surface area contributed by atoms with E-state index in [4.69, 9.17) is 16.3 Å². The fourth-order valence-electron chi connectivity index (χ4n) is 2.39. The maximum Gasteiger partial charge on any atom is 0.286 e. The molecule has 1 aliphatic rings. The summed E-state index contributed by atoms with van der Waals surface area (Å²) in [7, 11) is 0. The summed E-state index contributed by atoms with van der Waals surface area (Å²) >= 11 is 6.83. The van der Waals surface area contributed by atoms with Crippen molar-refractivity contribution < 1.29 is 14.3 Å². The second kappa shape index (κ2) is 9.04. The van der Waals surface area contributed by atoms with Crippen LogP contribution in [0.25, 0.3) is 0 Å². The average molecular weight is 396 g/mol. The molecular formula is C16H18ClN5O3S. The lowest BCUT2D eigenvalue weighted by Gasteiger charge is -2.26. The largest absolute Gasteiger partial charge is 0.379 e. The monoisotopic (exact) mass is 395 g/mol. The summed E-state index contributed by atoms with van der Waals surface area (Å²) in [4.78, 5) is 26.5. The summed E-state index contributed by atoms with van der Waals surface area (Å²) in [5, 5.41) is 13.8. The molecule has 0 saturated carbocycles. The van der Waals surface area contributed by atoms with Gasteiger partial charge in [-0.3, -0.25) is 14.5 Å². The van der Waals surface area contributed by atoms with Gasteiger partial charge in [0.25, 0.3) is 11.8 Å². The third-order valence-electron chi connectivity index (χ3n) is 3.71. The van der Waals surface area contributed by atoms with Gasteiger partial charge in [-0.2, -0.15) is 0 Å². The van der Waals surface area contributed by atoms with E-state index in [1.807, 2.05) is 0 Å². The fourth-order valence-corrected chi connectivity index (χ4v) is 3.23. The summed E-state index contributed by atoms with van der Waals surface area (Å²) in [6, 6.07) is 6.77. The third-order valence-corrected chi connectivity index (χ3v) is 4.87. The van der Waals surface area contributed by atoms with E-state index < -0.39 is 5.91 Å². The number of rotatable bonds is 6. The molecule has 0 bridgehead atoms. The first kappa shape index (κ1) is 18.7. The molecule has 1 fully saturated rings. The van der Waals surface area contributed by atoms with Crippen molar-refractivity contribution in [1.82, 2.24) is 20.4 Å². The van der Waals surface area contributed by atoms with E-state index in [2.05, 4.69) is 25.7 Å². The lowest BCUT2D eigenvalue weighted by molar-refractivity contribution is 0.0383. The number of carbonyl (C=O) groups is 2. The summed E-state index contributed by atoms with van der Waals surface area (Å²) in [5.41, 5.74) is 0.550. The highest BCUT2D eigenvalue weighted by Gasteiger charge is 2.18. The van der Waals surface area contributed by atoms with Crippen LogP contribution in [-0.4, -0.2) is 66.3 Å². The van der Waals surface area contributed by atoms with Gasteiger partial charge in [-0.15, -0.1) is 10.2 Å². The predicted octanol–water partition coefficient (Wildman–Crippen LogP) is 1.51. The summed E-state index contributed by atoms with van der Waals surface area (Å²) in [6.45, 7) is 4.41. The molecule has 26 heavy (non-hydrogen) atoms. The third kappa shape index (κ3) is 5.21. The minimum atomic E-state index is -0.433. The highest BCUT2D eigenvalue weighted by molar-refractivity contribution is 7.15. The molecule has 3 rings (SSSR count). The number of morpholine rings is 1. The first-order valence-corrected chi connectivity index (χ1v) is 9.30. The lowest BCUT2D eigenvalue weighted by atomic mass is 10.3. The van der Waals surface area contributed by atoms with Crippen LogP contribution in [0.3, 0.4) is 0 Å². The minimum absolute atomic E-state index is 0.114. The second-order valence-corrected chi connectivity index (χ2v) is 7.00. The number of halogens is 1. The van der Waals surface area contributed by atoms with Crippen LogP contribution in [0.1, 0.15) is 19.6 Å².